The standard InChI is InChI=1S/C14H17F2N3O2S/c1-9(8-21-2)17-12(20)7-19-11-6-4-3-5-10(11)18-14(19)22-13(15)16/h3-6,9,13H,7-8H2,1-2H3,(H,17,20). The van der Waals surface area contributed by atoms with Gasteiger partial charge in [0.1, 0.15) is 6.54 Å². The summed E-state index contributed by atoms with van der Waals surface area (Å²) in [4.78, 5) is 16.2. The lowest BCUT2D eigenvalue weighted by atomic mass is 10.3. The van der Waals surface area contributed by atoms with Crippen LogP contribution in [-0.2, 0) is 16.1 Å². The van der Waals surface area contributed by atoms with E-state index in [1.807, 2.05) is 6.92 Å². The zero-order valence-electron chi connectivity index (χ0n) is 12.3. The van der Waals surface area contributed by atoms with Crippen LogP contribution in [0.3, 0.4) is 0 Å². The number of nitrogens with zero attached hydrogens (tertiary/aromatic N) is 2. The van der Waals surface area contributed by atoms with Crippen LogP contribution in [0, 0.1) is 0 Å². The number of hydrogen-bond acceptors (Lipinski definition) is 4. The highest BCUT2D eigenvalue weighted by molar-refractivity contribution is 7.99. The first kappa shape index (κ1) is 16.7. The highest BCUT2D eigenvalue weighted by Crippen LogP contribution is 2.28. The predicted molar refractivity (Wildman–Crippen MR) is 81.1 cm³/mol. The summed E-state index contributed by atoms with van der Waals surface area (Å²) < 4.78 is 31.8. The van der Waals surface area contributed by atoms with Gasteiger partial charge in [-0.05, 0) is 30.8 Å². The second-order valence-corrected chi connectivity index (χ2v) is 5.73. The van der Waals surface area contributed by atoms with Gasteiger partial charge in [0, 0.05) is 13.2 Å². The molecule has 1 aromatic heterocycles. The van der Waals surface area contributed by atoms with Crippen LogP contribution in [0.5, 0.6) is 0 Å². The van der Waals surface area contributed by atoms with E-state index in [4.69, 9.17) is 4.74 Å². The number of carbonyl (C=O) groups is 1. The van der Waals surface area contributed by atoms with Gasteiger partial charge in [-0.1, -0.05) is 12.1 Å². The van der Waals surface area contributed by atoms with Crippen LogP contribution in [0.1, 0.15) is 6.92 Å². The Labute approximate surface area is 131 Å². The number of nitrogens with one attached hydrogen (secondary N) is 1. The minimum atomic E-state index is -2.59. The summed E-state index contributed by atoms with van der Waals surface area (Å²) in [5, 5.41) is 2.89. The quantitative estimate of drug-likeness (QED) is 0.793. The van der Waals surface area contributed by atoms with Gasteiger partial charge in [0.15, 0.2) is 5.16 Å². The maximum absolute atomic E-state index is 12.7. The van der Waals surface area contributed by atoms with Crippen LogP contribution < -0.4 is 5.32 Å². The fraction of sp³-hybridized carbons (Fsp3) is 0.429. The van der Waals surface area contributed by atoms with E-state index in [0.717, 1.165) is 0 Å². The van der Waals surface area contributed by atoms with Gasteiger partial charge >= 0.3 is 0 Å². The molecule has 2 rings (SSSR count). The van der Waals surface area contributed by atoms with Crippen LogP contribution in [0.15, 0.2) is 29.4 Å². The fourth-order valence-corrected chi connectivity index (χ4v) is 2.73. The third-order valence-corrected chi connectivity index (χ3v) is 3.64. The first-order valence-corrected chi connectivity index (χ1v) is 7.57. The van der Waals surface area contributed by atoms with Gasteiger partial charge in [0.05, 0.1) is 17.6 Å². The molecule has 0 aliphatic heterocycles. The molecule has 2 aromatic rings. The molecule has 0 saturated heterocycles. The molecular formula is C14H17F2N3O2S. The molecule has 8 heteroatoms. The molecule has 22 heavy (non-hydrogen) atoms. The number of imidazole rings is 1. The SMILES string of the molecule is COCC(C)NC(=O)Cn1c(SC(F)F)nc2ccccc21. The molecule has 0 aliphatic rings. The number of amides is 1. The average molecular weight is 329 g/mol. The van der Waals surface area contributed by atoms with Crippen LogP contribution in [0.2, 0.25) is 0 Å². The van der Waals surface area contributed by atoms with Crippen LogP contribution >= 0.6 is 11.8 Å². The van der Waals surface area contributed by atoms with Crippen molar-refractivity contribution in [3.63, 3.8) is 0 Å². The Kier molecular flexibility index (Phi) is 5.73. The minimum Gasteiger partial charge on any atom is -0.383 e. The van der Waals surface area contributed by atoms with Crippen molar-refractivity contribution in [1.29, 1.82) is 0 Å². The maximum atomic E-state index is 12.7. The van der Waals surface area contributed by atoms with E-state index in [1.165, 1.54) is 4.57 Å². The predicted octanol–water partition coefficient (Wildman–Crippen LogP) is 2.50. The first-order valence-electron chi connectivity index (χ1n) is 6.69. The number of hydrogen-bond donors (Lipinski definition) is 1. The number of rotatable bonds is 7. The molecule has 0 aliphatic carbocycles. The molecule has 0 bridgehead atoms. The number of methoxy groups -OCH3 is 1. The molecule has 0 saturated carbocycles. The van der Waals surface area contributed by atoms with Gasteiger partial charge < -0.3 is 14.6 Å². The lowest BCUT2D eigenvalue weighted by Crippen LogP contribution is -2.37. The van der Waals surface area contributed by atoms with Crippen molar-refractivity contribution in [2.75, 3.05) is 13.7 Å². The molecule has 120 valence electrons. The topological polar surface area (TPSA) is 56.1 Å². The number of halogens is 2. The fourth-order valence-electron chi connectivity index (χ4n) is 2.13. The monoisotopic (exact) mass is 329 g/mol. The Morgan fingerprint density at radius 3 is 2.86 bits per heavy atom. The van der Waals surface area contributed by atoms with Crippen molar-refractivity contribution in [3.05, 3.63) is 24.3 Å². The number of benzene rings is 1. The summed E-state index contributed by atoms with van der Waals surface area (Å²) in [7, 11) is 1.55. The summed E-state index contributed by atoms with van der Waals surface area (Å²) in [5.74, 6) is -2.87. The summed E-state index contributed by atoms with van der Waals surface area (Å²) >= 11 is 0.336. The van der Waals surface area contributed by atoms with Crippen molar-refractivity contribution in [3.8, 4) is 0 Å². The molecule has 1 aromatic carbocycles. The number of ether oxygens (including phenoxy) is 1. The summed E-state index contributed by atoms with van der Waals surface area (Å²) in [6, 6.07) is 6.88. The lowest BCUT2D eigenvalue weighted by molar-refractivity contribution is -0.122. The van der Waals surface area contributed by atoms with Gasteiger partial charge in [-0.3, -0.25) is 4.79 Å². The normalized spacial score (nSPS) is 12.8. The molecule has 0 radical (unpaired) electrons. The Hall–Kier alpha value is -1.67. The zero-order valence-corrected chi connectivity index (χ0v) is 13.1. The Morgan fingerprint density at radius 1 is 1.45 bits per heavy atom. The highest BCUT2D eigenvalue weighted by atomic mass is 32.2. The van der Waals surface area contributed by atoms with E-state index >= 15 is 0 Å². The molecule has 1 amide bonds. The second kappa shape index (κ2) is 7.55. The number of para-hydroxylation sites is 2. The van der Waals surface area contributed by atoms with Gasteiger partial charge in [-0.15, -0.1) is 0 Å². The Balaban J connectivity index is 2.22. The highest BCUT2D eigenvalue weighted by Gasteiger charge is 2.18. The van der Waals surface area contributed by atoms with E-state index in [1.54, 1.807) is 31.4 Å². The molecule has 1 heterocycles. The molecule has 5 nitrogen and oxygen atoms in total. The first-order chi connectivity index (χ1) is 10.5. The van der Waals surface area contributed by atoms with E-state index in [0.29, 0.717) is 29.4 Å². The van der Waals surface area contributed by atoms with Crippen LogP contribution in [-0.4, -0.2) is 41.0 Å². The van der Waals surface area contributed by atoms with E-state index in [9.17, 15) is 13.6 Å². The van der Waals surface area contributed by atoms with Crippen LogP contribution in [0.4, 0.5) is 8.78 Å². The molecule has 0 spiro atoms. The lowest BCUT2D eigenvalue weighted by Gasteiger charge is -2.14. The molecular weight excluding hydrogens is 312 g/mol. The third-order valence-electron chi connectivity index (χ3n) is 2.94. The Morgan fingerprint density at radius 2 is 2.18 bits per heavy atom. The van der Waals surface area contributed by atoms with Gasteiger partial charge in [0.25, 0.3) is 5.76 Å². The third kappa shape index (κ3) is 4.17. The van der Waals surface area contributed by atoms with Gasteiger partial charge in [-0.25, -0.2) is 4.98 Å². The zero-order chi connectivity index (χ0) is 16.1. The molecule has 1 unspecified atom stereocenters. The summed E-state index contributed by atoms with van der Waals surface area (Å²) in [6.45, 7) is 2.13. The summed E-state index contributed by atoms with van der Waals surface area (Å²) in [6.07, 6.45) is 0. The number of thioether (sulfide) groups is 1. The van der Waals surface area contributed by atoms with Gasteiger partial charge in [-0.2, -0.15) is 8.78 Å². The smallest absolute Gasteiger partial charge is 0.291 e. The van der Waals surface area contributed by atoms with E-state index in [2.05, 4.69) is 10.3 Å². The van der Waals surface area contributed by atoms with Crippen molar-refractivity contribution >= 4 is 28.7 Å². The number of aromatic nitrogens is 2. The van der Waals surface area contributed by atoms with Crippen molar-refractivity contribution < 1.29 is 18.3 Å². The molecule has 1 atom stereocenters. The maximum Gasteiger partial charge on any atom is 0.291 e. The van der Waals surface area contributed by atoms with E-state index in [-0.39, 0.29) is 23.7 Å². The Bertz CT molecular complexity index is 648. The van der Waals surface area contributed by atoms with Gasteiger partial charge in [0.2, 0.25) is 5.91 Å². The average Bonchev–Trinajstić information content (AvgIpc) is 2.76. The number of alkyl halides is 2. The van der Waals surface area contributed by atoms with E-state index < -0.39 is 5.76 Å². The second-order valence-electron chi connectivity index (χ2n) is 4.77. The molecule has 0 fully saturated rings. The van der Waals surface area contributed by atoms with Crippen molar-refractivity contribution in [2.45, 2.75) is 30.4 Å². The largest absolute Gasteiger partial charge is 0.383 e. The van der Waals surface area contributed by atoms with Crippen molar-refractivity contribution in [2.24, 2.45) is 0 Å². The summed E-state index contributed by atoms with van der Waals surface area (Å²) in [5.41, 5.74) is 1.24. The molecule has 1 N–H and O–H groups in total. The minimum absolute atomic E-state index is 0.0659. The van der Waals surface area contributed by atoms with Crippen LogP contribution in [0.25, 0.3) is 11.0 Å². The number of fused-ring (bicyclic) bond motifs is 1. The number of carbonyl (C=O) groups excluding carboxylic acids is 1. The van der Waals surface area contributed by atoms with Crippen molar-refractivity contribution in [1.82, 2.24) is 14.9 Å².